The van der Waals surface area contributed by atoms with Crippen LogP contribution in [0.15, 0.2) is 42.5 Å². The van der Waals surface area contributed by atoms with E-state index in [4.69, 9.17) is 4.74 Å². The molecule has 0 saturated heterocycles. The molecule has 0 aliphatic rings. The number of benzene rings is 1. The third-order valence-electron chi connectivity index (χ3n) is 3.56. The van der Waals surface area contributed by atoms with E-state index < -0.39 is 11.9 Å². The van der Waals surface area contributed by atoms with E-state index in [1.165, 1.54) is 24.3 Å². The van der Waals surface area contributed by atoms with Crippen LogP contribution in [0.5, 0.6) is 5.88 Å². The fraction of sp³-hybridized carbons (Fsp3) is 0.368. The summed E-state index contributed by atoms with van der Waals surface area (Å²) in [6.07, 6.45) is 1.39. The summed E-state index contributed by atoms with van der Waals surface area (Å²) >= 11 is 0. The van der Waals surface area contributed by atoms with Crippen LogP contribution in [-0.4, -0.2) is 28.6 Å². The number of pyridine rings is 1. The number of hydrogen-bond acceptors (Lipinski definition) is 4. The predicted molar refractivity (Wildman–Crippen MR) is 89.7 cm³/mol. The van der Waals surface area contributed by atoms with Gasteiger partial charge in [0.25, 0.3) is 0 Å². The Kier molecular flexibility index (Phi) is 6.88. The standard InChI is InChI=1S/C19H22FNO3/c1-2-3-11-24-19-6-4-5-16(21-19)12-17(22)13-18(23)14-7-9-15(20)10-8-14/h4-10,17,22H,2-3,11-13H2,1H3. The Morgan fingerprint density at radius 3 is 2.71 bits per heavy atom. The SMILES string of the molecule is CCCCOc1cccc(CC(O)CC(=O)c2ccc(F)cc2)n1. The highest BCUT2D eigenvalue weighted by atomic mass is 19.1. The summed E-state index contributed by atoms with van der Waals surface area (Å²) in [7, 11) is 0. The molecular formula is C19H22FNO3. The van der Waals surface area contributed by atoms with E-state index in [0.29, 0.717) is 23.7 Å². The molecule has 5 heteroatoms. The molecule has 1 aromatic carbocycles. The summed E-state index contributed by atoms with van der Waals surface area (Å²) in [6, 6.07) is 10.7. The van der Waals surface area contributed by atoms with E-state index in [2.05, 4.69) is 11.9 Å². The van der Waals surface area contributed by atoms with E-state index in [0.717, 1.165) is 12.8 Å². The van der Waals surface area contributed by atoms with Crippen molar-refractivity contribution in [2.75, 3.05) is 6.61 Å². The number of hydrogen-bond donors (Lipinski definition) is 1. The van der Waals surface area contributed by atoms with Crippen molar-refractivity contribution in [1.82, 2.24) is 4.98 Å². The minimum absolute atomic E-state index is 0.0335. The Balaban J connectivity index is 1.89. The first-order chi connectivity index (χ1) is 11.6. The van der Waals surface area contributed by atoms with Gasteiger partial charge >= 0.3 is 0 Å². The second-order valence-electron chi connectivity index (χ2n) is 5.66. The van der Waals surface area contributed by atoms with Crippen molar-refractivity contribution >= 4 is 5.78 Å². The van der Waals surface area contributed by atoms with Gasteiger partial charge < -0.3 is 9.84 Å². The summed E-state index contributed by atoms with van der Waals surface area (Å²) < 4.78 is 18.4. The number of carbonyl (C=O) groups excluding carboxylic acids is 1. The number of halogens is 1. The summed E-state index contributed by atoms with van der Waals surface area (Å²) in [5.74, 6) is -0.0907. The van der Waals surface area contributed by atoms with Crippen molar-refractivity contribution in [3.63, 3.8) is 0 Å². The smallest absolute Gasteiger partial charge is 0.213 e. The summed E-state index contributed by atoms with van der Waals surface area (Å²) in [5, 5.41) is 10.1. The van der Waals surface area contributed by atoms with Gasteiger partial charge in [0, 0.05) is 30.2 Å². The second-order valence-corrected chi connectivity index (χ2v) is 5.66. The number of aliphatic hydroxyl groups is 1. The summed E-state index contributed by atoms with van der Waals surface area (Å²) in [5.41, 5.74) is 1.06. The quantitative estimate of drug-likeness (QED) is 0.564. The topological polar surface area (TPSA) is 59.4 Å². The van der Waals surface area contributed by atoms with Gasteiger partial charge in [-0.05, 0) is 36.8 Å². The normalized spacial score (nSPS) is 12.0. The highest BCUT2D eigenvalue weighted by molar-refractivity contribution is 5.96. The molecule has 1 unspecified atom stereocenters. The maximum absolute atomic E-state index is 12.9. The molecule has 24 heavy (non-hydrogen) atoms. The molecule has 0 amide bonds. The van der Waals surface area contributed by atoms with E-state index in [-0.39, 0.29) is 18.6 Å². The fourth-order valence-electron chi connectivity index (χ4n) is 2.25. The highest BCUT2D eigenvalue weighted by Gasteiger charge is 2.14. The highest BCUT2D eigenvalue weighted by Crippen LogP contribution is 2.13. The fourth-order valence-corrected chi connectivity index (χ4v) is 2.25. The molecule has 0 saturated carbocycles. The first kappa shape index (κ1) is 18.1. The number of ketones is 1. The average Bonchev–Trinajstić information content (AvgIpc) is 2.56. The van der Waals surface area contributed by atoms with Gasteiger partial charge in [-0.25, -0.2) is 9.37 Å². The van der Waals surface area contributed by atoms with Gasteiger partial charge in [-0.1, -0.05) is 19.4 Å². The van der Waals surface area contributed by atoms with Gasteiger partial charge in [0.1, 0.15) is 5.82 Å². The molecule has 0 bridgehead atoms. The number of ether oxygens (including phenoxy) is 1. The minimum Gasteiger partial charge on any atom is -0.478 e. The zero-order valence-corrected chi connectivity index (χ0v) is 13.7. The van der Waals surface area contributed by atoms with Gasteiger partial charge in [-0.2, -0.15) is 0 Å². The summed E-state index contributed by atoms with van der Waals surface area (Å²) in [4.78, 5) is 16.4. The maximum atomic E-state index is 12.9. The number of unbranched alkanes of at least 4 members (excludes halogenated alkanes) is 1. The predicted octanol–water partition coefficient (Wildman–Crippen LogP) is 3.58. The van der Waals surface area contributed by atoms with Crippen molar-refractivity contribution in [1.29, 1.82) is 0 Å². The van der Waals surface area contributed by atoms with Crippen LogP contribution in [-0.2, 0) is 6.42 Å². The number of nitrogens with zero attached hydrogens (tertiary/aromatic N) is 1. The van der Waals surface area contributed by atoms with Crippen LogP contribution < -0.4 is 4.74 Å². The lowest BCUT2D eigenvalue weighted by atomic mass is 10.0. The van der Waals surface area contributed by atoms with Crippen LogP contribution in [0.2, 0.25) is 0 Å². The number of aliphatic hydroxyl groups excluding tert-OH is 1. The van der Waals surface area contributed by atoms with Crippen LogP contribution >= 0.6 is 0 Å². The lowest BCUT2D eigenvalue weighted by Crippen LogP contribution is -2.17. The molecule has 0 aliphatic carbocycles. The Hall–Kier alpha value is -2.27. The van der Waals surface area contributed by atoms with Crippen LogP contribution in [0, 0.1) is 5.82 Å². The molecule has 1 aromatic heterocycles. The molecule has 128 valence electrons. The third kappa shape index (κ3) is 5.74. The zero-order chi connectivity index (χ0) is 17.4. The van der Waals surface area contributed by atoms with Gasteiger partial charge in [0.2, 0.25) is 5.88 Å². The first-order valence-corrected chi connectivity index (χ1v) is 8.14. The molecule has 4 nitrogen and oxygen atoms in total. The first-order valence-electron chi connectivity index (χ1n) is 8.14. The van der Waals surface area contributed by atoms with Crippen molar-refractivity contribution in [2.24, 2.45) is 0 Å². The van der Waals surface area contributed by atoms with Crippen molar-refractivity contribution < 1.29 is 19.0 Å². The van der Waals surface area contributed by atoms with Crippen LogP contribution in [0.1, 0.15) is 42.2 Å². The Bertz CT molecular complexity index is 658. The van der Waals surface area contributed by atoms with E-state index >= 15 is 0 Å². The molecular weight excluding hydrogens is 309 g/mol. The molecule has 0 spiro atoms. The van der Waals surface area contributed by atoms with E-state index in [9.17, 15) is 14.3 Å². The zero-order valence-electron chi connectivity index (χ0n) is 13.7. The number of rotatable bonds is 9. The third-order valence-corrected chi connectivity index (χ3v) is 3.56. The van der Waals surface area contributed by atoms with Crippen LogP contribution in [0.4, 0.5) is 4.39 Å². The maximum Gasteiger partial charge on any atom is 0.213 e. The van der Waals surface area contributed by atoms with Gasteiger partial charge in [-0.15, -0.1) is 0 Å². The molecule has 0 fully saturated rings. The van der Waals surface area contributed by atoms with Crippen molar-refractivity contribution in [2.45, 2.75) is 38.7 Å². The average molecular weight is 331 g/mol. The van der Waals surface area contributed by atoms with Crippen LogP contribution in [0.25, 0.3) is 0 Å². The number of Topliss-reactive ketones (excluding diaryl/α,β-unsaturated/α-hetero) is 1. The van der Waals surface area contributed by atoms with E-state index in [1.54, 1.807) is 12.1 Å². The Morgan fingerprint density at radius 2 is 2.00 bits per heavy atom. The van der Waals surface area contributed by atoms with Crippen LogP contribution in [0.3, 0.4) is 0 Å². The van der Waals surface area contributed by atoms with Gasteiger partial charge in [0.15, 0.2) is 5.78 Å². The number of aromatic nitrogens is 1. The summed E-state index contributed by atoms with van der Waals surface area (Å²) in [6.45, 7) is 2.69. The van der Waals surface area contributed by atoms with Crippen molar-refractivity contribution in [3.05, 3.63) is 59.5 Å². The minimum atomic E-state index is -0.846. The largest absolute Gasteiger partial charge is 0.478 e. The van der Waals surface area contributed by atoms with Gasteiger partial charge in [0.05, 0.1) is 12.7 Å². The molecule has 0 aliphatic heterocycles. The van der Waals surface area contributed by atoms with Gasteiger partial charge in [-0.3, -0.25) is 4.79 Å². The van der Waals surface area contributed by atoms with E-state index in [1.807, 2.05) is 6.07 Å². The Labute approximate surface area is 141 Å². The second kappa shape index (κ2) is 9.13. The Morgan fingerprint density at radius 1 is 1.25 bits per heavy atom. The number of carbonyl (C=O) groups is 1. The molecule has 2 aromatic rings. The molecule has 1 N–H and O–H groups in total. The lowest BCUT2D eigenvalue weighted by Gasteiger charge is -2.11. The van der Waals surface area contributed by atoms with Crippen molar-refractivity contribution in [3.8, 4) is 5.88 Å². The molecule has 2 rings (SSSR count). The molecule has 1 heterocycles. The lowest BCUT2D eigenvalue weighted by molar-refractivity contribution is 0.0879. The molecule has 1 atom stereocenters. The molecule has 0 radical (unpaired) electrons. The monoisotopic (exact) mass is 331 g/mol.